The summed E-state index contributed by atoms with van der Waals surface area (Å²) in [5.74, 6) is 1.96. The molecule has 0 aliphatic carbocycles. The lowest BCUT2D eigenvalue weighted by molar-refractivity contribution is 0.377. The van der Waals surface area contributed by atoms with E-state index < -0.39 is 0 Å². The maximum atomic E-state index is 5.35. The van der Waals surface area contributed by atoms with Crippen LogP contribution in [0.4, 0.5) is 11.9 Å². The van der Waals surface area contributed by atoms with Gasteiger partial charge in [-0.15, -0.1) is 5.10 Å². The smallest absolute Gasteiger partial charge is 0.243 e. The highest BCUT2D eigenvalue weighted by Crippen LogP contribution is 2.00. The number of anilines is 2. The van der Waals surface area contributed by atoms with Gasteiger partial charge in [0.25, 0.3) is 0 Å². The van der Waals surface area contributed by atoms with Crippen molar-refractivity contribution in [3.05, 3.63) is 11.7 Å². The molecule has 8 nitrogen and oxygen atoms in total. The van der Waals surface area contributed by atoms with Gasteiger partial charge in [0.1, 0.15) is 0 Å². The number of nitrogens with one attached hydrogen (secondary N) is 2. The van der Waals surface area contributed by atoms with Crippen molar-refractivity contribution in [3.63, 3.8) is 0 Å². The summed E-state index contributed by atoms with van der Waals surface area (Å²) in [4.78, 5) is 7.94. The van der Waals surface area contributed by atoms with Gasteiger partial charge in [0.05, 0.1) is 0 Å². The molecule has 2 rings (SSSR count). The first-order valence-electron chi connectivity index (χ1n) is 4.45. The van der Waals surface area contributed by atoms with E-state index in [4.69, 9.17) is 10.3 Å². The van der Waals surface area contributed by atoms with Gasteiger partial charge in [-0.05, 0) is 6.92 Å². The number of aromatic amines is 1. The van der Waals surface area contributed by atoms with E-state index in [2.05, 4.69) is 30.6 Å². The van der Waals surface area contributed by atoms with Crippen LogP contribution < -0.4 is 11.1 Å². The first-order valence-corrected chi connectivity index (χ1v) is 4.45. The Morgan fingerprint density at radius 1 is 1.47 bits per heavy atom. The fourth-order valence-electron chi connectivity index (χ4n) is 1.08. The number of hydrogen-bond acceptors (Lipinski definition) is 7. The lowest BCUT2D eigenvalue weighted by Gasteiger charge is -1.96. The highest BCUT2D eigenvalue weighted by molar-refractivity contribution is 5.29. The lowest BCUT2D eigenvalue weighted by Crippen LogP contribution is -2.06. The summed E-state index contributed by atoms with van der Waals surface area (Å²) < 4.78 is 4.93. The van der Waals surface area contributed by atoms with E-state index in [9.17, 15) is 0 Å². The zero-order valence-electron chi connectivity index (χ0n) is 8.19. The Bertz CT molecular complexity index is 394. The first kappa shape index (κ1) is 9.44. The van der Waals surface area contributed by atoms with Crippen molar-refractivity contribution in [1.82, 2.24) is 25.3 Å². The second-order valence-corrected chi connectivity index (χ2v) is 2.96. The fourth-order valence-corrected chi connectivity index (χ4v) is 1.08. The van der Waals surface area contributed by atoms with Crippen LogP contribution in [0.25, 0.3) is 0 Å². The largest absolute Gasteiger partial charge is 0.368 e. The van der Waals surface area contributed by atoms with Crippen LogP contribution in [-0.4, -0.2) is 31.9 Å². The number of aryl methyl sites for hydroxylation is 1. The molecule has 15 heavy (non-hydrogen) atoms. The monoisotopic (exact) mass is 209 g/mol. The van der Waals surface area contributed by atoms with Crippen LogP contribution in [0.5, 0.6) is 0 Å². The summed E-state index contributed by atoms with van der Waals surface area (Å²) in [6, 6.07) is 0. The maximum absolute atomic E-state index is 5.35. The number of nitrogens with zero attached hydrogens (tertiary/aromatic N) is 4. The van der Waals surface area contributed by atoms with E-state index in [1.54, 1.807) is 6.92 Å². The SMILES string of the molecule is Cc1noc(CCNc2n[nH]c(N)n2)n1. The molecule has 0 fully saturated rings. The number of hydrogen-bond donors (Lipinski definition) is 3. The van der Waals surface area contributed by atoms with Gasteiger partial charge >= 0.3 is 0 Å². The van der Waals surface area contributed by atoms with Gasteiger partial charge in [-0.25, -0.2) is 5.10 Å². The minimum absolute atomic E-state index is 0.283. The van der Waals surface area contributed by atoms with Gasteiger partial charge in [0, 0.05) is 13.0 Å². The van der Waals surface area contributed by atoms with Crippen molar-refractivity contribution < 1.29 is 4.52 Å². The Morgan fingerprint density at radius 2 is 2.33 bits per heavy atom. The molecule has 0 atom stereocenters. The molecule has 0 bridgehead atoms. The van der Waals surface area contributed by atoms with Gasteiger partial charge in [0.2, 0.25) is 17.8 Å². The van der Waals surface area contributed by atoms with Crippen molar-refractivity contribution in [3.8, 4) is 0 Å². The minimum Gasteiger partial charge on any atom is -0.368 e. The van der Waals surface area contributed by atoms with Crippen molar-refractivity contribution in [2.75, 3.05) is 17.6 Å². The van der Waals surface area contributed by atoms with Crippen LogP contribution in [0.1, 0.15) is 11.7 Å². The Hall–Kier alpha value is -2.12. The second kappa shape index (κ2) is 3.95. The zero-order valence-corrected chi connectivity index (χ0v) is 8.19. The summed E-state index contributed by atoms with van der Waals surface area (Å²) >= 11 is 0. The molecule has 0 spiro atoms. The number of nitrogen functional groups attached to an aromatic ring is 1. The Kier molecular flexibility index (Phi) is 2.48. The van der Waals surface area contributed by atoms with E-state index in [-0.39, 0.29) is 5.95 Å². The second-order valence-electron chi connectivity index (χ2n) is 2.96. The molecule has 0 unspecified atom stereocenters. The first-order chi connectivity index (χ1) is 7.24. The fraction of sp³-hybridized carbons (Fsp3) is 0.429. The molecule has 0 saturated carbocycles. The number of H-pyrrole nitrogens is 1. The topological polar surface area (TPSA) is 119 Å². The third-order valence-electron chi connectivity index (χ3n) is 1.69. The molecule has 80 valence electrons. The van der Waals surface area contributed by atoms with E-state index in [1.807, 2.05) is 0 Å². The normalized spacial score (nSPS) is 10.5. The molecule has 0 saturated heterocycles. The number of aromatic nitrogens is 5. The molecule has 0 aromatic carbocycles. The molecule has 0 radical (unpaired) electrons. The highest BCUT2D eigenvalue weighted by atomic mass is 16.5. The quantitative estimate of drug-likeness (QED) is 0.634. The maximum Gasteiger partial charge on any atom is 0.243 e. The van der Waals surface area contributed by atoms with Crippen LogP contribution in [0.3, 0.4) is 0 Å². The Balaban J connectivity index is 1.80. The number of rotatable bonds is 4. The van der Waals surface area contributed by atoms with E-state index in [0.29, 0.717) is 30.6 Å². The summed E-state index contributed by atoms with van der Waals surface area (Å²) in [5.41, 5.74) is 5.35. The Morgan fingerprint density at radius 3 is 2.93 bits per heavy atom. The average Bonchev–Trinajstić information content (AvgIpc) is 2.76. The van der Waals surface area contributed by atoms with Crippen molar-refractivity contribution in [2.24, 2.45) is 0 Å². The summed E-state index contributed by atoms with van der Waals surface area (Å²) in [5, 5.41) is 13.0. The van der Waals surface area contributed by atoms with Crippen LogP contribution in [0.15, 0.2) is 4.52 Å². The standard InChI is InChI=1S/C7H11N7O/c1-4-10-5(15-14-4)2-3-9-7-11-6(8)12-13-7/h2-3H2,1H3,(H4,8,9,11,12,13). The predicted molar refractivity (Wildman–Crippen MR) is 52.0 cm³/mol. The van der Waals surface area contributed by atoms with Crippen LogP contribution in [-0.2, 0) is 6.42 Å². The van der Waals surface area contributed by atoms with Crippen molar-refractivity contribution >= 4 is 11.9 Å². The molecule has 0 amide bonds. The van der Waals surface area contributed by atoms with E-state index in [1.165, 1.54) is 0 Å². The third-order valence-corrected chi connectivity index (χ3v) is 1.69. The molecular weight excluding hydrogens is 198 g/mol. The third kappa shape index (κ3) is 2.42. The highest BCUT2D eigenvalue weighted by Gasteiger charge is 2.03. The van der Waals surface area contributed by atoms with E-state index >= 15 is 0 Å². The molecule has 2 aromatic heterocycles. The van der Waals surface area contributed by atoms with Gasteiger partial charge in [-0.2, -0.15) is 9.97 Å². The van der Waals surface area contributed by atoms with Gasteiger partial charge in [0.15, 0.2) is 5.82 Å². The lowest BCUT2D eigenvalue weighted by atomic mass is 10.4. The van der Waals surface area contributed by atoms with E-state index in [0.717, 1.165) is 0 Å². The van der Waals surface area contributed by atoms with Crippen LogP contribution >= 0.6 is 0 Å². The van der Waals surface area contributed by atoms with Crippen LogP contribution in [0, 0.1) is 6.92 Å². The minimum atomic E-state index is 0.283. The van der Waals surface area contributed by atoms with Crippen molar-refractivity contribution in [2.45, 2.75) is 13.3 Å². The van der Waals surface area contributed by atoms with Crippen LogP contribution in [0.2, 0.25) is 0 Å². The summed E-state index contributed by atoms with van der Waals surface area (Å²) in [6.45, 7) is 2.38. The molecule has 2 aromatic rings. The van der Waals surface area contributed by atoms with Gasteiger partial charge < -0.3 is 15.6 Å². The molecule has 0 aliphatic rings. The molecule has 0 aliphatic heterocycles. The number of nitrogens with two attached hydrogens (primary N) is 1. The van der Waals surface area contributed by atoms with Gasteiger partial charge in [-0.1, -0.05) is 5.16 Å². The Labute approximate surface area is 85.3 Å². The summed E-state index contributed by atoms with van der Waals surface area (Å²) in [7, 11) is 0. The molecule has 2 heterocycles. The van der Waals surface area contributed by atoms with Crippen molar-refractivity contribution in [1.29, 1.82) is 0 Å². The zero-order chi connectivity index (χ0) is 10.7. The molecule has 4 N–H and O–H groups in total. The molecule has 8 heteroatoms. The van der Waals surface area contributed by atoms with Gasteiger partial charge in [-0.3, -0.25) is 0 Å². The average molecular weight is 209 g/mol. The molecular formula is C7H11N7O. The summed E-state index contributed by atoms with van der Waals surface area (Å²) in [6.07, 6.45) is 0.620. The predicted octanol–water partition coefficient (Wildman–Crippen LogP) is -0.267.